The number of carbonyl (C=O) groups excluding carboxylic acids is 3. The SMILES string of the molecule is CO/N=C(\C(=O)N[C@@H]1C(=O)N2C(C(=O)[O-])=C(CSc3cc[n+](NCc4ccccc4)cc3)CS[C@H]12)c1csc(N)n1. The third-order valence-corrected chi connectivity index (χ3v) is 9.32. The monoisotopic (exact) mass is 611 g/mol. The van der Waals surface area contributed by atoms with E-state index in [9.17, 15) is 19.5 Å². The Hall–Kier alpha value is -4.08. The Morgan fingerprint density at radius 1 is 1.27 bits per heavy atom. The maximum Gasteiger partial charge on any atom is 0.276 e. The number of carboxylic acids is 1. The van der Waals surface area contributed by atoms with Gasteiger partial charge in [0.05, 0.1) is 18.2 Å². The van der Waals surface area contributed by atoms with Crippen molar-refractivity contribution in [1.82, 2.24) is 15.2 Å². The molecule has 1 saturated heterocycles. The Bertz CT molecular complexity index is 1510. The van der Waals surface area contributed by atoms with E-state index < -0.39 is 29.2 Å². The Morgan fingerprint density at radius 3 is 2.68 bits per heavy atom. The van der Waals surface area contributed by atoms with Gasteiger partial charge in [0.15, 0.2) is 10.8 Å². The average Bonchev–Trinajstić information content (AvgIpc) is 3.42. The predicted octanol–water partition coefficient (Wildman–Crippen LogP) is 0.303. The number of hydrogen-bond donors (Lipinski definition) is 3. The number of anilines is 1. The summed E-state index contributed by atoms with van der Waals surface area (Å²) in [4.78, 5) is 49.0. The first-order valence-electron chi connectivity index (χ1n) is 12.3. The minimum Gasteiger partial charge on any atom is -0.543 e. The van der Waals surface area contributed by atoms with Gasteiger partial charge in [0.25, 0.3) is 11.8 Å². The van der Waals surface area contributed by atoms with Crippen molar-refractivity contribution in [2.45, 2.75) is 22.9 Å². The topological polar surface area (TPSA) is 166 Å². The predicted molar refractivity (Wildman–Crippen MR) is 154 cm³/mol. The van der Waals surface area contributed by atoms with Crippen LogP contribution < -0.4 is 26.3 Å². The molecule has 41 heavy (non-hydrogen) atoms. The zero-order valence-corrected chi connectivity index (χ0v) is 24.1. The lowest BCUT2D eigenvalue weighted by atomic mass is 10.0. The molecule has 0 radical (unpaired) electrons. The van der Waals surface area contributed by atoms with E-state index in [1.165, 1.54) is 35.5 Å². The summed E-state index contributed by atoms with van der Waals surface area (Å²) in [5, 5.41) is 19.7. The van der Waals surface area contributed by atoms with Gasteiger partial charge in [-0.25, -0.2) is 4.98 Å². The number of carboxylic acid groups (broad SMARTS) is 1. The van der Waals surface area contributed by atoms with Crippen LogP contribution in [0.2, 0.25) is 0 Å². The number of carbonyl (C=O) groups is 3. The highest BCUT2D eigenvalue weighted by molar-refractivity contribution is 8.01. The summed E-state index contributed by atoms with van der Waals surface area (Å²) in [5.41, 5.74) is 10.6. The molecular weight excluding hydrogens is 587 g/mol. The second-order valence-corrected chi connectivity index (χ2v) is 11.9. The Kier molecular flexibility index (Phi) is 8.75. The zero-order chi connectivity index (χ0) is 28.9. The van der Waals surface area contributed by atoms with Crippen molar-refractivity contribution >= 4 is 63.5 Å². The fourth-order valence-corrected chi connectivity index (χ4v) is 7.16. The van der Waals surface area contributed by atoms with Crippen LogP contribution in [0.4, 0.5) is 5.13 Å². The number of β-lactam (4-membered cyclic amide) rings is 1. The van der Waals surface area contributed by atoms with Crippen LogP contribution in [-0.2, 0) is 25.8 Å². The van der Waals surface area contributed by atoms with Crippen LogP contribution in [0.5, 0.6) is 0 Å². The number of thioether (sulfide) groups is 2. The highest BCUT2D eigenvalue weighted by Crippen LogP contribution is 2.41. The minimum atomic E-state index is -1.43. The summed E-state index contributed by atoms with van der Waals surface area (Å²) in [6.45, 7) is 0.670. The quantitative estimate of drug-likeness (QED) is 0.0903. The first-order valence-corrected chi connectivity index (χ1v) is 15.2. The Labute approximate surface area is 247 Å². The first-order chi connectivity index (χ1) is 19.9. The van der Waals surface area contributed by atoms with Crippen molar-refractivity contribution in [3.8, 4) is 0 Å². The van der Waals surface area contributed by atoms with E-state index in [4.69, 9.17) is 10.6 Å². The van der Waals surface area contributed by atoms with Gasteiger partial charge in [0, 0.05) is 33.9 Å². The van der Waals surface area contributed by atoms with E-state index in [0.29, 0.717) is 23.6 Å². The second kappa shape index (κ2) is 12.6. The van der Waals surface area contributed by atoms with Gasteiger partial charge in [-0.15, -0.1) is 34.9 Å². The zero-order valence-electron chi connectivity index (χ0n) is 21.7. The molecule has 15 heteroatoms. The number of benzene rings is 1. The number of nitrogens with two attached hydrogens (primary N) is 1. The van der Waals surface area contributed by atoms with Crippen LogP contribution in [-0.4, -0.2) is 63.4 Å². The largest absolute Gasteiger partial charge is 0.543 e. The first kappa shape index (κ1) is 28.4. The molecule has 0 unspecified atom stereocenters. The van der Waals surface area contributed by atoms with Crippen LogP contribution in [0.3, 0.4) is 0 Å². The number of amides is 2. The molecule has 3 aromatic rings. The Morgan fingerprint density at radius 2 is 2.02 bits per heavy atom. The van der Waals surface area contributed by atoms with Crippen molar-refractivity contribution in [3.05, 3.63) is 82.8 Å². The number of nitrogen functional groups attached to an aromatic ring is 1. The van der Waals surface area contributed by atoms with E-state index in [2.05, 4.69) is 20.9 Å². The summed E-state index contributed by atoms with van der Waals surface area (Å²) in [5.74, 6) is -1.93. The molecule has 0 aliphatic carbocycles. The van der Waals surface area contributed by atoms with Crippen molar-refractivity contribution in [2.75, 3.05) is 29.8 Å². The summed E-state index contributed by atoms with van der Waals surface area (Å²) < 4.78 is 1.85. The lowest BCUT2D eigenvalue weighted by Gasteiger charge is -2.50. The molecule has 2 aromatic heterocycles. The molecule has 5 rings (SSSR count). The summed E-state index contributed by atoms with van der Waals surface area (Å²) in [6, 6.07) is 12.9. The molecule has 0 spiro atoms. The number of rotatable bonds is 11. The molecule has 4 heterocycles. The molecule has 12 nitrogen and oxygen atoms in total. The van der Waals surface area contributed by atoms with Gasteiger partial charge < -0.3 is 25.8 Å². The number of oxime groups is 1. The van der Waals surface area contributed by atoms with Gasteiger partial charge in [-0.1, -0.05) is 40.2 Å². The Balaban J connectivity index is 1.21. The van der Waals surface area contributed by atoms with E-state index in [-0.39, 0.29) is 22.2 Å². The van der Waals surface area contributed by atoms with Gasteiger partial charge in [-0.2, -0.15) is 5.43 Å². The van der Waals surface area contributed by atoms with Gasteiger partial charge in [0.2, 0.25) is 12.4 Å². The average molecular weight is 612 g/mol. The maximum absolute atomic E-state index is 13.0. The molecular formula is C26H25N7O5S3. The number of pyridine rings is 1. The molecule has 1 fully saturated rings. The van der Waals surface area contributed by atoms with E-state index in [1.54, 1.807) is 5.38 Å². The number of thiazole rings is 1. The van der Waals surface area contributed by atoms with E-state index in [0.717, 1.165) is 21.8 Å². The third-order valence-electron chi connectivity index (χ3n) is 6.21. The van der Waals surface area contributed by atoms with Crippen LogP contribution in [0.15, 0.2) is 81.6 Å². The van der Waals surface area contributed by atoms with Gasteiger partial charge in [-0.3, -0.25) is 14.5 Å². The second-order valence-electron chi connectivity index (χ2n) is 8.84. The fraction of sp³-hybridized carbons (Fsp3) is 0.231. The molecule has 2 aliphatic heterocycles. The third kappa shape index (κ3) is 6.31. The standard InChI is InChI=1S/C26H25N7O5S3/c1-38-31-19(18-14-41-26(27)29-18)22(34)30-20-23(35)33-21(25(36)37)16(13-40-24(20)33)12-39-17-7-9-32(10-8-17)28-11-15-5-3-2-4-6-15/h2-10,14,20,24,28H,11-13H2,1H3,(H3-,27,29,30,34,36,37)/b31-19-/t20-,24-/m1/s1. The number of hydrogen-bond acceptors (Lipinski definition) is 12. The lowest BCUT2D eigenvalue weighted by molar-refractivity contribution is -0.652. The van der Waals surface area contributed by atoms with E-state index >= 15 is 0 Å². The number of fused-ring (bicyclic) bond motifs is 1. The molecule has 2 amide bonds. The number of aromatic nitrogens is 2. The smallest absolute Gasteiger partial charge is 0.276 e. The van der Waals surface area contributed by atoms with Gasteiger partial charge >= 0.3 is 0 Å². The normalized spacial score (nSPS) is 18.4. The van der Waals surface area contributed by atoms with Crippen LogP contribution in [0.25, 0.3) is 0 Å². The molecule has 1 aromatic carbocycles. The molecule has 0 saturated carbocycles. The van der Waals surface area contributed by atoms with Gasteiger partial charge in [-0.05, 0) is 11.1 Å². The molecule has 212 valence electrons. The van der Waals surface area contributed by atoms with E-state index in [1.807, 2.05) is 59.5 Å². The number of nitrogens with zero attached hydrogens (tertiary/aromatic N) is 4. The molecule has 4 N–H and O–H groups in total. The molecule has 2 atom stereocenters. The van der Waals surface area contributed by atoms with Crippen LogP contribution in [0.1, 0.15) is 11.3 Å². The lowest BCUT2D eigenvalue weighted by Crippen LogP contribution is -2.71. The van der Waals surface area contributed by atoms with Crippen molar-refractivity contribution in [3.63, 3.8) is 0 Å². The highest BCUT2D eigenvalue weighted by Gasteiger charge is 2.53. The van der Waals surface area contributed by atoms with Gasteiger partial charge in [0.1, 0.15) is 24.2 Å². The molecule has 0 bridgehead atoms. The van der Waals surface area contributed by atoms with Crippen molar-refractivity contribution in [2.24, 2.45) is 5.16 Å². The molecule has 2 aliphatic rings. The fourth-order valence-electron chi connectivity index (χ4n) is 4.25. The van der Waals surface area contributed by atoms with Crippen molar-refractivity contribution in [1.29, 1.82) is 0 Å². The van der Waals surface area contributed by atoms with Crippen molar-refractivity contribution < 1.29 is 29.0 Å². The summed E-state index contributed by atoms with van der Waals surface area (Å²) >= 11 is 3.96. The highest BCUT2D eigenvalue weighted by atomic mass is 32.2. The maximum atomic E-state index is 13.0. The van der Waals surface area contributed by atoms with Crippen LogP contribution in [0, 0.1) is 0 Å². The van der Waals surface area contributed by atoms with Crippen LogP contribution >= 0.6 is 34.9 Å². The minimum absolute atomic E-state index is 0.139. The summed E-state index contributed by atoms with van der Waals surface area (Å²) in [6.07, 6.45) is 3.77. The number of aliphatic carboxylic acids is 1. The number of nitrogens with one attached hydrogen (secondary N) is 2. The summed E-state index contributed by atoms with van der Waals surface area (Å²) in [7, 11) is 1.28.